The molecule has 0 spiro atoms. The highest BCUT2D eigenvalue weighted by molar-refractivity contribution is 5.88. The Bertz CT molecular complexity index is 667. The van der Waals surface area contributed by atoms with E-state index in [4.69, 9.17) is 4.52 Å². The van der Waals surface area contributed by atoms with Crippen LogP contribution in [0.15, 0.2) is 4.52 Å². The Balaban J connectivity index is 2.04. The monoisotopic (exact) mass is 276 g/mol. The van der Waals surface area contributed by atoms with Gasteiger partial charge in [-0.25, -0.2) is 4.98 Å². The minimum absolute atomic E-state index is 0.353. The quantitative estimate of drug-likeness (QED) is 0.889. The van der Waals surface area contributed by atoms with Gasteiger partial charge in [0.2, 0.25) is 0 Å². The van der Waals surface area contributed by atoms with Gasteiger partial charge in [-0.2, -0.15) is 4.98 Å². The summed E-state index contributed by atoms with van der Waals surface area (Å²) in [6.45, 7) is 4.89. The van der Waals surface area contributed by atoms with Crippen molar-refractivity contribution in [2.45, 2.75) is 26.7 Å². The zero-order chi connectivity index (χ0) is 14.3. The van der Waals surface area contributed by atoms with Crippen LogP contribution in [0.3, 0.4) is 0 Å². The predicted molar refractivity (Wildman–Crippen MR) is 71.6 cm³/mol. The molecule has 2 aromatic rings. The second-order valence-electron chi connectivity index (χ2n) is 5.17. The molecule has 1 saturated heterocycles. The third-order valence-electron chi connectivity index (χ3n) is 3.67. The molecular weight excluding hydrogens is 260 g/mol. The number of rotatable bonds is 2. The lowest BCUT2D eigenvalue weighted by Gasteiger charge is -2.31. The molecule has 0 radical (unpaired) electrons. The summed E-state index contributed by atoms with van der Waals surface area (Å²) >= 11 is 0. The lowest BCUT2D eigenvalue weighted by Crippen LogP contribution is -2.39. The summed E-state index contributed by atoms with van der Waals surface area (Å²) in [7, 11) is 0. The number of aliphatic carboxylic acids is 1. The molecule has 0 aromatic carbocycles. The average Bonchev–Trinajstić information content (AvgIpc) is 2.79. The standard InChI is InChI=1S/C13H16N4O3/c1-7-10-11(14-8(2)15-12(10)20-16-7)17-5-3-4-9(6-17)13(18)19/h9H,3-6H2,1-2H3,(H,18,19)/t9-/m0/s1. The Labute approximate surface area is 115 Å². The maximum absolute atomic E-state index is 11.2. The number of fused-ring (bicyclic) bond motifs is 1. The summed E-state index contributed by atoms with van der Waals surface area (Å²) in [6, 6.07) is 0. The van der Waals surface area contributed by atoms with Crippen LogP contribution >= 0.6 is 0 Å². The average molecular weight is 276 g/mol. The number of nitrogens with zero attached hydrogens (tertiary/aromatic N) is 4. The van der Waals surface area contributed by atoms with Crippen LogP contribution in [0, 0.1) is 19.8 Å². The molecule has 3 heterocycles. The molecule has 2 aromatic heterocycles. The van der Waals surface area contributed by atoms with Gasteiger partial charge in [0.1, 0.15) is 17.0 Å². The Morgan fingerprint density at radius 1 is 1.40 bits per heavy atom. The van der Waals surface area contributed by atoms with Crippen LogP contribution in [0.25, 0.3) is 11.1 Å². The molecule has 0 aliphatic carbocycles. The number of anilines is 1. The molecule has 1 fully saturated rings. The molecule has 20 heavy (non-hydrogen) atoms. The summed E-state index contributed by atoms with van der Waals surface area (Å²) < 4.78 is 5.19. The second kappa shape index (κ2) is 4.73. The molecule has 0 amide bonds. The van der Waals surface area contributed by atoms with Gasteiger partial charge in [-0.05, 0) is 26.7 Å². The SMILES string of the molecule is Cc1nc(N2CCC[C@H](C(=O)O)C2)c2c(C)noc2n1. The molecule has 0 bridgehead atoms. The van der Waals surface area contributed by atoms with Gasteiger partial charge < -0.3 is 14.5 Å². The number of aryl methyl sites for hydroxylation is 2. The van der Waals surface area contributed by atoms with E-state index in [9.17, 15) is 9.90 Å². The highest BCUT2D eigenvalue weighted by Crippen LogP contribution is 2.30. The molecule has 7 heteroatoms. The topological polar surface area (TPSA) is 92.4 Å². The largest absolute Gasteiger partial charge is 0.481 e. The molecule has 106 valence electrons. The summed E-state index contributed by atoms with van der Waals surface area (Å²) in [5, 5.41) is 13.9. The van der Waals surface area contributed by atoms with E-state index in [2.05, 4.69) is 15.1 Å². The molecule has 0 unspecified atom stereocenters. The van der Waals surface area contributed by atoms with Crippen LogP contribution in [-0.4, -0.2) is 39.3 Å². The number of carboxylic acids is 1. The number of carboxylic acid groups (broad SMARTS) is 1. The van der Waals surface area contributed by atoms with Gasteiger partial charge >= 0.3 is 5.97 Å². The van der Waals surface area contributed by atoms with Gasteiger partial charge in [0.25, 0.3) is 5.71 Å². The summed E-state index contributed by atoms with van der Waals surface area (Å²) in [4.78, 5) is 21.9. The normalized spacial score (nSPS) is 19.5. The fourth-order valence-electron chi connectivity index (χ4n) is 2.67. The lowest BCUT2D eigenvalue weighted by atomic mass is 9.98. The maximum atomic E-state index is 11.2. The third-order valence-corrected chi connectivity index (χ3v) is 3.67. The molecule has 1 atom stereocenters. The summed E-state index contributed by atoms with van der Waals surface area (Å²) in [5.74, 6) is 0.228. The first kappa shape index (κ1) is 12.8. The summed E-state index contributed by atoms with van der Waals surface area (Å²) in [6.07, 6.45) is 1.55. The van der Waals surface area contributed by atoms with E-state index in [1.807, 2.05) is 11.8 Å². The Hall–Kier alpha value is -2.18. The Morgan fingerprint density at radius 3 is 2.95 bits per heavy atom. The van der Waals surface area contributed by atoms with E-state index in [0.29, 0.717) is 24.5 Å². The van der Waals surface area contributed by atoms with Gasteiger partial charge in [0, 0.05) is 13.1 Å². The van der Waals surface area contributed by atoms with E-state index in [0.717, 1.165) is 29.9 Å². The molecule has 1 aliphatic heterocycles. The Morgan fingerprint density at radius 2 is 2.20 bits per heavy atom. The maximum Gasteiger partial charge on any atom is 0.308 e. The van der Waals surface area contributed by atoms with Gasteiger partial charge in [0.05, 0.1) is 11.6 Å². The van der Waals surface area contributed by atoms with Gasteiger partial charge in [-0.3, -0.25) is 4.79 Å². The first-order valence-corrected chi connectivity index (χ1v) is 6.64. The van der Waals surface area contributed by atoms with E-state index in [-0.39, 0.29) is 5.92 Å². The van der Waals surface area contributed by atoms with E-state index >= 15 is 0 Å². The van der Waals surface area contributed by atoms with Gasteiger partial charge in [-0.1, -0.05) is 5.16 Å². The van der Waals surface area contributed by atoms with Crippen molar-refractivity contribution in [1.29, 1.82) is 0 Å². The van der Waals surface area contributed by atoms with Crippen molar-refractivity contribution >= 4 is 22.9 Å². The van der Waals surface area contributed by atoms with Crippen LogP contribution in [0.5, 0.6) is 0 Å². The van der Waals surface area contributed by atoms with E-state index in [1.165, 1.54) is 0 Å². The molecule has 1 aliphatic rings. The van der Waals surface area contributed by atoms with E-state index < -0.39 is 5.97 Å². The van der Waals surface area contributed by atoms with Gasteiger partial charge in [-0.15, -0.1) is 0 Å². The highest BCUT2D eigenvalue weighted by Gasteiger charge is 2.28. The molecule has 7 nitrogen and oxygen atoms in total. The molecule has 3 rings (SSSR count). The third kappa shape index (κ3) is 2.09. The predicted octanol–water partition coefficient (Wildman–Crippen LogP) is 1.54. The lowest BCUT2D eigenvalue weighted by molar-refractivity contribution is -0.141. The highest BCUT2D eigenvalue weighted by atomic mass is 16.5. The van der Waals surface area contributed by atoms with Crippen molar-refractivity contribution in [2.24, 2.45) is 5.92 Å². The first-order chi connectivity index (χ1) is 9.56. The van der Waals surface area contributed by atoms with Crippen LogP contribution in [0.1, 0.15) is 24.4 Å². The van der Waals surface area contributed by atoms with Crippen molar-refractivity contribution in [3.63, 3.8) is 0 Å². The van der Waals surface area contributed by atoms with Crippen LogP contribution in [0.2, 0.25) is 0 Å². The summed E-state index contributed by atoms with van der Waals surface area (Å²) in [5.41, 5.74) is 1.19. The minimum atomic E-state index is -0.751. The van der Waals surface area contributed by atoms with Crippen molar-refractivity contribution in [3.8, 4) is 0 Å². The number of aromatic nitrogens is 3. The number of hydrogen-bond donors (Lipinski definition) is 1. The zero-order valence-corrected chi connectivity index (χ0v) is 11.5. The minimum Gasteiger partial charge on any atom is -0.481 e. The number of carbonyl (C=O) groups is 1. The number of piperidine rings is 1. The fourth-order valence-corrected chi connectivity index (χ4v) is 2.67. The second-order valence-corrected chi connectivity index (χ2v) is 5.17. The van der Waals surface area contributed by atoms with Crippen molar-refractivity contribution in [1.82, 2.24) is 15.1 Å². The molecule has 0 saturated carbocycles. The van der Waals surface area contributed by atoms with Gasteiger partial charge in [0.15, 0.2) is 0 Å². The zero-order valence-electron chi connectivity index (χ0n) is 11.5. The first-order valence-electron chi connectivity index (χ1n) is 6.64. The van der Waals surface area contributed by atoms with Crippen LogP contribution in [0.4, 0.5) is 5.82 Å². The van der Waals surface area contributed by atoms with Crippen molar-refractivity contribution < 1.29 is 14.4 Å². The number of hydrogen-bond acceptors (Lipinski definition) is 6. The Kier molecular flexibility index (Phi) is 3.04. The van der Waals surface area contributed by atoms with E-state index in [1.54, 1.807) is 6.92 Å². The molecule has 1 N–H and O–H groups in total. The van der Waals surface area contributed by atoms with Crippen LogP contribution in [-0.2, 0) is 4.79 Å². The molecular formula is C13H16N4O3. The van der Waals surface area contributed by atoms with Crippen molar-refractivity contribution in [3.05, 3.63) is 11.5 Å². The smallest absolute Gasteiger partial charge is 0.308 e. The fraction of sp³-hybridized carbons (Fsp3) is 0.538. The van der Waals surface area contributed by atoms with Crippen LogP contribution < -0.4 is 4.90 Å². The van der Waals surface area contributed by atoms with Crippen molar-refractivity contribution in [2.75, 3.05) is 18.0 Å².